The number of aliphatic hydroxyl groups is 1. The summed E-state index contributed by atoms with van der Waals surface area (Å²) in [5, 5.41) is 9.46. The maximum absolute atomic E-state index is 11.9. The van der Waals surface area contributed by atoms with E-state index in [2.05, 4.69) is 4.74 Å². The normalized spacial score (nSPS) is 13.1. The summed E-state index contributed by atoms with van der Waals surface area (Å²) >= 11 is 11.4. The van der Waals surface area contributed by atoms with Crippen LogP contribution in [0.15, 0.2) is 23.1 Å². The van der Waals surface area contributed by atoms with E-state index < -0.39 is 28.6 Å². The summed E-state index contributed by atoms with van der Waals surface area (Å²) in [5.74, 6) is -0.945. The topological polar surface area (TPSA) is 92.7 Å². The van der Waals surface area contributed by atoms with E-state index in [9.17, 15) is 18.3 Å². The molecular formula is C10H11Cl2NO5S. The smallest absolute Gasteiger partial charge is 0.336 e. The number of aliphatic hydroxyl groups excluding tert-OH is 1. The highest BCUT2D eigenvalue weighted by atomic mass is 35.5. The van der Waals surface area contributed by atoms with E-state index in [1.165, 1.54) is 12.1 Å². The molecule has 106 valence electrons. The molecule has 2 N–H and O–H groups in total. The van der Waals surface area contributed by atoms with Crippen molar-refractivity contribution < 1.29 is 23.1 Å². The van der Waals surface area contributed by atoms with Crippen molar-refractivity contribution in [2.24, 2.45) is 0 Å². The zero-order chi connectivity index (χ0) is 14.6. The van der Waals surface area contributed by atoms with Gasteiger partial charge in [0.15, 0.2) is 6.10 Å². The van der Waals surface area contributed by atoms with Gasteiger partial charge in [-0.15, -0.1) is 0 Å². The predicted octanol–water partition coefficient (Wildman–Crippen LogP) is 0.806. The van der Waals surface area contributed by atoms with Crippen molar-refractivity contribution >= 4 is 39.2 Å². The number of esters is 1. The Morgan fingerprint density at radius 3 is 2.68 bits per heavy atom. The Labute approximate surface area is 120 Å². The van der Waals surface area contributed by atoms with Crippen LogP contribution >= 0.6 is 23.2 Å². The molecule has 1 atom stereocenters. The number of rotatable bonds is 5. The molecule has 0 amide bonds. The standard InChI is InChI=1S/C10H11Cl2NO5S/c1-18-10(15)8(14)5-13-19(16,17)9-4-6(11)2-3-7(9)12/h2-4,8,13-14H,5H2,1H3. The van der Waals surface area contributed by atoms with E-state index in [0.717, 1.165) is 13.2 Å². The Balaban J connectivity index is 2.87. The molecule has 1 rings (SSSR count). The molecule has 0 saturated carbocycles. The average Bonchev–Trinajstić information content (AvgIpc) is 2.37. The van der Waals surface area contributed by atoms with E-state index in [1.807, 2.05) is 4.72 Å². The summed E-state index contributed by atoms with van der Waals surface area (Å²) in [6.07, 6.45) is -1.60. The van der Waals surface area contributed by atoms with Gasteiger partial charge in [-0.25, -0.2) is 17.9 Å². The van der Waals surface area contributed by atoms with Gasteiger partial charge >= 0.3 is 5.97 Å². The molecule has 1 unspecified atom stereocenters. The molecule has 9 heteroatoms. The number of nitrogens with one attached hydrogen (secondary N) is 1. The van der Waals surface area contributed by atoms with Gasteiger partial charge in [0.25, 0.3) is 0 Å². The van der Waals surface area contributed by atoms with E-state index >= 15 is 0 Å². The van der Waals surface area contributed by atoms with Gasteiger partial charge in [-0.1, -0.05) is 23.2 Å². The Kier molecular flexibility index (Phi) is 5.57. The molecule has 0 aromatic heterocycles. The van der Waals surface area contributed by atoms with E-state index in [0.29, 0.717) is 0 Å². The molecule has 1 aromatic rings. The number of hydrogen-bond donors (Lipinski definition) is 2. The SMILES string of the molecule is COC(=O)C(O)CNS(=O)(=O)c1cc(Cl)ccc1Cl. The fourth-order valence-corrected chi connectivity index (χ4v) is 2.97. The minimum atomic E-state index is -3.98. The first-order valence-electron chi connectivity index (χ1n) is 4.98. The zero-order valence-corrected chi connectivity index (χ0v) is 12.1. The van der Waals surface area contributed by atoms with Gasteiger partial charge in [0.05, 0.1) is 12.1 Å². The van der Waals surface area contributed by atoms with Crippen LogP contribution in [0.2, 0.25) is 10.0 Å². The zero-order valence-electron chi connectivity index (χ0n) is 9.76. The maximum Gasteiger partial charge on any atom is 0.336 e. The summed E-state index contributed by atoms with van der Waals surface area (Å²) < 4.78 is 30.1. The van der Waals surface area contributed by atoms with Crippen LogP contribution in [0.3, 0.4) is 0 Å². The average molecular weight is 328 g/mol. The van der Waals surface area contributed by atoms with Gasteiger partial charge in [-0.2, -0.15) is 0 Å². The van der Waals surface area contributed by atoms with Crippen molar-refractivity contribution in [3.8, 4) is 0 Å². The number of methoxy groups -OCH3 is 1. The van der Waals surface area contributed by atoms with Gasteiger partial charge in [0.1, 0.15) is 4.90 Å². The van der Waals surface area contributed by atoms with E-state index in [-0.39, 0.29) is 14.9 Å². The van der Waals surface area contributed by atoms with Crippen LogP contribution in [-0.2, 0) is 19.6 Å². The second-order valence-electron chi connectivity index (χ2n) is 3.47. The van der Waals surface area contributed by atoms with Crippen molar-refractivity contribution in [1.82, 2.24) is 4.72 Å². The van der Waals surface area contributed by atoms with Crippen LogP contribution in [0.4, 0.5) is 0 Å². The molecule has 0 bridgehead atoms. The van der Waals surface area contributed by atoms with E-state index in [1.54, 1.807) is 0 Å². The van der Waals surface area contributed by atoms with E-state index in [4.69, 9.17) is 23.2 Å². The lowest BCUT2D eigenvalue weighted by Gasteiger charge is -2.11. The quantitative estimate of drug-likeness (QED) is 0.780. The summed E-state index contributed by atoms with van der Waals surface area (Å²) in [6, 6.07) is 3.93. The molecule has 0 saturated heterocycles. The summed E-state index contributed by atoms with van der Waals surface area (Å²) in [6.45, 7) is -0.530. The Hall–Kier alpha value is -0.860. The highest BCUT2D eigenvalue weighted by Gasteiger charge is 2.22. The number of sulfonamides is 1. The van der Waals surface area contributed by atoms with Crippen molar-refractivity contribution in [3.05, 3.63) is 28.2 Å². The Morgan fingerprint density at radius 2 is 2.11 bits per heavy atom. The molecule has 0 heterocycles. The monoisotopic (exact) mass is 327 g/mol. The van der Waals surface area contributed by atoms with Gasteiger partial charge in [-0.05, 0) is 18.2 Å². The first kappa shape index (κ1) is 16.2. The fraction of sp³-hybridized carbons (Fsp3) is 0.300. The third-order valence-electron chi connectivity index (χ3n) is 2.12. The van der Waals surface area contributed by atoms with Crippen LogP contribution in [0.5, 0.6) is 0 Å². The summed E-state index contributed by atoms with van der Waals surface area (Å²) in [5.41, 5.74) is 0. The lowest BCUT2D eigenvalue weighted by Crippen LogP contribution is -2.37. The van der Waals surface area contributed by atoms with Crippen LogP contribution < -0.4 is 4.72 Å². The van der Waals surface area contributed by atoms with Crippen molar-refractivity contribution in [2.75, 3.05) is 13.7 Å². The van der Waals surface area contributed by atoms with Crippen LogP contribution in [-0.4, -0.2) is 39.3 Å². The largest absolute Gasteiger partial charge is 0.467 e. The van der Waals surface area contributed by atoms with Crippen LogP contribution in [0.25, 0.3) is 0 Å². The molecular weight excluding hydrogens is 317 g/mol. The molecule has 1 aromatic carbocycles. The van der Waals surface area contributed by atoms with Gasteiger partial charge in [0, 0.05) is 11.6 Å². The summed E-state index contributed by atoms with van der Waals surface area (Å²) in [7, 11) is -2.91. The highest BCUT2D eigenvalue weighted by molar-refractivity contribution is 7.89. The Bertz CT molecular complexity index is 575. The number of halogens is 2. The molecule has 19 heavy (non-hydrogen) atoms. The Morgan fingerprint density at radius 1 is 1.47 bits per heavy atom. The van der Waals surface area contributed by atoms with Crippen molar-refractivity contribution in [1.29, 1.82) is 0 Å². The molecule has 0 spiro atoms. The lowest BCUT2D eigenvalue weighted by atomic mass is 10.4. The molecule has 0 aliphatic heterocycles. The number of hydrogen-bond acceptors (Lipinski definition) is 5. The highest BCUT2D eigenvalue weighted by Crippen LogP contribution is 2.24. The lowest BCUT2D eigenvalue weighted by molar-refractivity contribution is -0.149. The summed E-state index contributed by atoms with van der Waals surface area (Å²) in [4.78, 5) is 10.7. The molecule has 6 nitrogen and oxygen atoms in total. The van der Waals surface area contributed by atoms with Gasteiger partial charge < -0.3 is 9.84 Å². The third kappa shape index (κ3) is 4.32. The molecule has 0 fully saturated rings. The number of benzene rings is 1. The first-order valence-corrected chi connectivity index (χ1v) is 7.22. The maximum atomic E-state index is 11.9. The minimum Gasteiger partial charge on any atom is -0.467 e. The van der Waals surface area contributed by atoms with Crippen molar-refractivity contribution in [2.45, 2.75) is 11.0 Å². The van der Waals surface area contributed by atoms with Crippen molar-refractivity contribution in [3.63, 3.8) is 0 Å². The second-order valence-corrected chi connectivity index (χ2v) is 6.04. The predicted molar refractivity (Wildman–Crippen MR) is 69.7 cm³/mol. The molecule has 0 radical (unpaired) electrons. The van der Waals surface area contributed by atoms with Gasteiger partial charge in [-0.3, -0.25) is 0 Å². The minimum absolute atomic E-state index is 0.0237. The first-order chi connectivity index (χ1) is 8.77. The molecule has 0 aliphatic rings. The van der Waals surface area contributed by atoms with Crippen LogP contribution in [0.1, 0.15) is 0 Å². The number of carbonyl (C=O) groups excluding carboxylic acids is 1. The number of carbonyl (C=O) groups is 1. The number of ether oxygens (including phenoxy) is 1. The third-order valence-corrected chi connectivity index (χ3v) is 4.26. The van der Waals surface area contributed by atoms with Crippen LogP contribution in [0, 0.1) is 0 Å². The molecule has 0 aliphatic carbocycles. The second kappa shape index (κ2) is 6.53. The van der Waals surface area contributed by atoms with Gasteiger partial charge in [0.2, 0.25) is 10.0 Å². The fourth-order valence-electron chi connectivity index (χ4n) is 1.17.